The van der Waals surface area contributed by atoms with Gasteiger partial charge in [-0.3, -0.25) is 4.79 Å². The number of para-hydroxylation sites is 1. The summed E-state index contributed by atoms with van der Waals surface area (Å²) >= 11 is 0. The number of ether oxygens (including phenoxy) is 1. The van der Waals surface area contributed by atoms with Crippen LogP contribution in [0.2, 0.25) is 0 Å². The van der Waals surface area contributed by atoms with E-state index in [0.29, 0.717) is 25.1 Å². The van der Waals surface area contributed by atoms with Crippen molar-refractivity contribution in [2.75, 3.05) is 13.1 Å². The molecular formula is C15H18ClF3N2O2. The smallest absolute Gasteiger partial charge is 0.405 e. The molecule has 3 atom stereocenters. The molecule has 0 spiro atoms. The van der Waals surface area contributed by atoms with Crippen molar-refractivity contribution in [2.45, 2.75) is 31.2 Å². The Kier molecular flexibility index (Phi) is 5.10. The summed E-state index contributed by atoms with van der Waals surface area (Å²) in [6.07, 6.45) is -3.40. The molecule has 2 fully saturated rings. The van der Waals surface area contributed by atoms with Crippen LogP contribution in [0.25, 0.3) is 0 Å². The van der Waals surface area contributed by atoms with Crippen molar-refractivity contribution in [2.24, 2.45) is 11.7 Å². The number of carbonyl (C=O) groups is 1. The van der Waals surface area contributed by atoms with E-state index in [1.165, 1.54) is 12.1 Å². The SMILES string of the molecule is Cl.N[C@H]1CCN(C(=O)C2CC2c2ccccc2OC(F)(F)F)C1. The van der Waals surface area contributed by atoms with E-state index < -0.39 is 6.36 Å². The number of nitrogens with two attached hydrogens (primary N) is 1. The molecule has 2 aliphatic rings. The molecule has 1 aromatic carbocycles. The monoisotopic (exact) mass is 350 g/mol. The highest BCUT2D eigenvalue weighted by molar-refractivity contribution is 5.85. The first-order valence-corrected chi connectivity index (χ1v) is 7.24. The van der Waals surface area contributed by atoms with Crippen LogP contribution < -0.4 is 10.5 Å². The number of rotatable bonds is 3. The highest BCUT2D eigenvalue weighted by atomic mass is 35.5. The van der Waals surface area contributed by atoms with E-state index in [2.05, 4.69) is 4.74 Å². The van der Waals surface area contributed by atoms with Crippen molar-refractivity contribution in [3.8, 4) is 5.75 Å². The van der Waals surface area contributed by atoms with E-state index in [9.17, 15) is 18.0 Å². The summed E-state index contributed by atoms with van der Waals surface area (Å²) in [6.45, 7) is 1.16. The number of alkyl halides is 3. The fourth-order valence-electron chi connectivity index (χ4n) is 3.04. The van der Waals surface area contributed by atoms with Crippen LogP contribution in [0.1, 0.15) is 24.3 Å². The standard InChI is InChI=1S/C15H17F3N2O2.ClH/c16-15(17,18)22-13-4-2-1-3-10(13)11-7-12(11)14(21)20-6-5-9(19)8-20;/h1-4,9,11-12H,5-8,19H2;1H/t9-,11?,12?;/m0./s1. The van der Waals surface area contributed by atoms with Crippen molar-refractivity contribution in [3.63, 3.8) is 0 Å². The second kappa shape index (κ2) is 6.57. The minimum absolute atomic E-state index is 0. The summed E-state index contributed by atoms with van der Waals surface area (Å²) in [7, 11) is 0. The fraction of sp³-hybridized carbons (Fsp3) is 0.533. The molecule has 1 heterocycles. The Balaban J connectivity index is 0.00000192. The molecule has 1 aliphatic heterocycles. The Morgan fingerprint density at radius 2 is 2.00 bits per heavy atom. The summed E-state index contributed by atoms with van der Waals surface area (Å²) in [6, 6.07) is 6.03. The van der Waals surface area contributed by atoms with Gasteiger partial charge in [-0.1, -0.05) is 18.2 Å². The molecule has 23 heavy (non-hydrogen) atoms. The second-order valence-corrected chi connectivity index (χ2v) is 5.87. The lowest BCUT2D eigenvalue weighted by Crippen LogP contribution is -2.33. The Labute approximate surface area is 138 Å². The average Bonchev–Trinajstić information content (AvgIpc) is 3.11. The van der Waals surface area contributed by atoms with Crippen LogP contribution in [-0.2, 0) is 4.79 Å². The van der Waals surface area contributed by atoms with Gasteiger partial charge in [0, 0.05) is 25.0 Å². The Morgan fingerprint density at radius 1 is 1.30 bits per heavy atom. The lowest BCUT2D eigenvalue weighted by molar-refractivity contribution is -0.274. The lowest BCUT2D eigenvalue weighted by Gasteiger charge is -2.16. The topological polar surface area (TPSA) is 55.6 Å². The van der Waals surface area contributed by atoms with Gasteiger partial charge < -0.3 is 15.4 Å². The summed E-state index contributed by atoms with van der Waals surface area (Å²) in [4.78, 5) is 14.1. The van der Waals surface area contributed by atoms with Crippen molar-refractivity contribution >= 4 is 18.3 Å². The molecular weight excluding hydrogens is 333 g/mol. The van der Waals surface area contributed by atoms with Gasteiger partial charge in [-0.05, 0) is 30.4 Å². The molecule has 3 rings (SSSR count). The third-order valence-electron chi connectivity index (χ3n) is 4.19. The molecule has 2 N–H and O–H groups in total. The van der Waals surface area contributed by atoms with Gasteiger partial charge in [0.1, 0.15) is 5.75 Å². The Bertz CT molecular complexity index is 582. The van der Waals surface area contributed by atoms with E-state index >= 15 is 0 Å². The van der Waals surface area contributed by atoms with Gasteiger partial charge in [0.15, 0.2) is 0 Å². The third kappa shape index (κ3) is 4.09. The van der Waals surface area contributed by atoms with Crippen LogP contribution in [0.4, 0.5) is 13.2 Å². The number of amides is 1. The largest absolute Gasteiger partial charge is 0.573 e. The average molecular weight is 351 g/mol. The van der Waals surface area contributed by atoms with Gasteiger partial charge >= 0.3 is 6.36 Å². The minimum Gasteiger partial charge on any atom is -0.405 e. The highest BCUT2D eigenvalue weighted by Crippen LogP contribution is 2.51. The molecule has 1 amide bonds. The molecule has 1 saturated heterocycles. The van der Waals surface area contributed by atoms with E-state index in [4.69, 9.17) is 5.73 Å². The summed E-state index contributed by atoms with van der Waals surface area (Å²) in [5, 5.41) is 0. The number of hydrogen-bond acceptors (Lipinski definition) is 3. The van der Waals surface area contributed by atoms with Gasteiger partial charge in [-0.15, -0.1) is 25.6 Å². The van der Waals surface area contributed by atoms with E-state index in [1.807, 2.05) is 0 Å². The zero-order valence-corrected chi connectivity index (χ0v) is 13.1. The first kappa shape index (κ1) is 17.9. The molecule has 1 aromatic rings. The molecule has 4 nitrogen and oxygen atoms in total. The molecule has 8 heteroatoms. The number of likely N-dealkylation sites (tertiary alicyclic amines) is 1. The van der Waals surface area contributed by atoms with Crippen LogP contribution in [0, 0.1) is 5.92 Å². The fourth-order valence-corrected chi connectivity index (χ4v) is 3.04. The van der Waals surface area contributed by atoms with Crippen molar-refractivity contribution in [1.82, 2.24) is 4.90 Å². The quantitative estimate of drug-likeness (QED) is 0.912. The van der Waals surface area contributed by atoms with E-state index in [1.54, 1.807) is 17.0 Å². The maximum absolute atomic E-state index is 12.4. The molecule has 128 valence electrons. The van der Waals surface area contributed by atoms with Gasteiger partial charge in [0.2, 0.25) is 5.91 Å². The van der Waals surface area contributed by atoms with Gasteiger partial charge in [-0.2, -0.15) is 0 Å². The maximum atomic E-state index is 12.4. The number of nitrogens with zero attached hydrogens (tertiary/aromatic N) is 1. The molecule has 2 unspecified atom stereocenters. The molecule has 0 bridgehead atoms. The molecule has 1 aliphatic carbocycles. The minimum atomic E-state index is -4.73. The molecule has 0 aromatic heterocycles. The lowest BCUT2D eigenvalue weighted by atomic mass is 10.1. The summed E-state index contributed by atoms with van der Waals surface area (Å²) in [5.41, 5.74) is 6.23. The van der Waals surface area contributed by atoms with Crippen LogP contribution >= 0.6 is 12.4 Å². The number of benzene rings is 1. The molecule has 1 saturated carbocycles. The summed E-state index contributed by atoms with van der Waals surface area (Å²) in [5.74, 6) is -0.695. The van der Waals surface area contributed by atoms with Crippen LogP contribution in [-0.4, -0.2) is 36.3 Å². The highest BCUT2D eigenvalue weighted by Gasteiger charge is 2.48. The number of halogens is 4. The van der Waals surface area contributed by atoms with Crippen LogP contribution in [0.3, 0.4) is 0 Å². The maximum Gasteiger partial charge on any atom is 0.573 e. The van der Waals surface area contributed by atoms with Gasteiger partial charge in [0.05, 0.1) is 0 Å². The predicted molar refractivity (Wildman–Crippen MR) is 80.4 cm³/mol. The number of carbonyl (C=O) groups excluding carboxylic acids is 1. The normalized spacial score (nSPS) is 26.6. The molecule has 0 radical (unpaired) electrons. The van der Waals surface area contributed by atoms with Crippen LogP contribution in [0.15, 0.2) is 24.3 Å². The Hall–Kier alpha value is -1.47. The first-order chi connectivity index (χ1) is 10.3. The zero-order chi connectivity index (χ0) is 15.9. The number of hydrogen-bond donors (Lipinski definition) is 1. The second-order valence-electron chi connectivity index (χ2n) is 5.87. The van der Waals surface area contributed by atoms with E-state index in [-0.39, 0.29) is 41.9 Å². The predicted octanol–water partition coefficient (Wildman–Crippen LogP) is 2.67. The van der Waals surface area contributed by atoms with E-state index in [0.717, 1.165) is 6.42 Å². The van der Waals surface area contributed by atoms with Crippen molar-refractivity contribution < 1.29 is 22.7 Å². The Morgan fingerprint density at radius 3 is 2.61 bits per heavy atom. The first-order valence-electron chi connectivity index (χ1n) is 7.24. The zero-order valence-electron chi connectivity index (χ0n) is 12.3. The van der Waals surface area contributed by atoms with Crippen LogP contribution in [0.5, 0.6) is 5.75 Å². The third-order valence-corrected chi connectivity index (χ3v) is 4.19. The van der Waals surface area contributed by atoms with Gasteiger partial charge in [-0.25, -0.2) is 0 Å². The summed E-state index contributed by atoms with van der Waals surface area (Å²) < 4.78 is 41.4. The van der Waals surface area contributed by atoms with Crippen molar-refractivity contribution in [3.05, 3.63) is 29.8 Å². The van der Waals surface area contributed by atoms with Crippen molar-refractivity contribution in [1.29, 1.82) is 0 Å². The van der Waals surface area contributed by atoms with Gasteiger partial charge in [0.25, 0.3) is 0 Å².